The van der Waals surface area contributed by atoms with Crippen LogP contribution in [0.3, 0.4) is 0 Å². The molecule has 1 aliphatic heterocycles. The number of carbonyl (C=O) groups excluding carboxylic acids is 1. The first-order chi connectivity index (χ1) is 5.57. The first kappa shape index (κ1) is 13.3. The van der Waals surface area contributed by atoms with E-state index in [4.69, 9.17) is 15.3 Å². The number of rotatable bonds is 2. The van der Waals surface area contributed by atoms with Gasteiger partial charge in [-0.2, -0.15) is 0 Å². The van der Waals surface area contributed by atoms with E-state index >= 15 is 0 Å². The van der Waals surface area contributed by atoms with Crippen LogP contribution in [0.1, 0.15) is 0 Å². The van der Waals surface area contributed by atoms with Crippen LogP contribution in [0.2, 0.25) is 0 Å². The second kappa shape index (κ2) is 5.26. The molecule has 0 bridgehead atoms. The van der Waals surface area contributed by atoms with Gasteiger partial charge in [0.05, 0.1) is 6.61 Å². The summed E-state index contributed by atoms with van der Waals surface area (Å²) in [7, 11) is 0. The minimum atomic E-state index is -1.74. The summed E-state index contributed by atoms with van der Waals surface area (Å²) in [6.07, 6.45) is -6.23. The molecule has 0 aromatic heterocycles. The van der Waals surface area contributed by atoms with Gasteiger partial charge in [-0.1, -0.05) is 0 Å². The topological polar surface area (TPSA) is 110 Å². The predicted molar refractivity (Wildman–Crippen MR) is 32.8 cm³/mol. The second-order valence-electron chi connectivity index (χ2n) is 2.56. The number of esters is 1. The molecule has 1 rings (SSSR count). The molecule has 0 aromatic rings. The van der Waals surface area contributed by atoms with Gasteiger partial charge in [0.15, 0.2) is 0 Å². The van der Waals surface area contributed by atoms with Gasteiger partial charge < -0.3 is 25.2 Å². The molecule has 13 heavy (non-hydrogen) atoms. The van der Waals surface area contributed by atoms with Gasteiger partial charge in [-0.3, -0.25) is 0 Å². The van der Waals surface area contributed by atoms with E-state index in [0.29, 0.717) is 0 Å². The van der Waals surface area contributed by atoms with Crippen molar-refractivity contribution in [3.05, 3.63) is 0 Å². The predicted octanol–water partition coefficient (Wildman–Crippen LogP) is -6.64. The third-order valence-corrected chi connectivity index (χ3v) is 1.70. The van der Waals surface area contributed by atoms with Crippen molar-refractivity contribution in [1.82, 2.24) is 0 Å². The Morgan fingerprint density at radius 3 is 2.46 bits per heavy atom. The van der Waals surface area contributed by atoms with Crippen LogP contribution in [0.4, 0.5) is 0 Å². The van der Waals surface area contributed by atoms with E-state index in [0.717, 1.165) is 0 Å². The number of ether oxygens (including phenoxy) is 1. The fourth-order valence-electron chi connectivity index (χ4n) is 0.986. The Bertz CT molecular complexity index is 186. The van der Waals surface area contributed by atoms with Crippen molar-refractivity contribution in [2.24, 2.45) is 0 Å². The summed E-state index contributed by atoms with van der Waals surface area (Å²) in [6.45, 7) is -0.677. The standard InChI is InChI=1S/C6H9O6.Na/c7-1-2(8)5-3(9)4(10)6(11)12-5;/h2-5,7-8,10H,1H2;/q-1;+1/t2-,3?,4?,5-;/m0./s1. The van der Waals surface area contributed by atoms with Crippen LogP contribution in [-0.4, -0.2) is 52.3 Å². The van der Waals surface area contributed by atoms with Crippen molar-refractivity contribution in [3.63, 3.8) is 0 Å². The van der Waals surface area contributed by atoms with Gasteiger partial charge >= 0.3 is 35.5 Å². The van der Waals surface area contributed by atoms with Gasteiger partial charge in [0.25, 0.3) is 0 Å². The van der Waals surface area contributed by atoms with Crippen LogP contribution in [-0.2, 0) is 9.53 Å². The Hall–Kier alpha value is 0.310. The molecule has 0 amide bonds. The molecule has 4 atom stereocenters. The Morgan fingerprint density at radius 1 is 1.62 bits per heavy atom. The maximum atomic E-state index is 10.9. The number of aliphatic hydroxyl groups excluding tert-OH is 3. The first-order valence-electron chi connectivity index (χ1n) is 3.41. The van der Waals surface area contributed by atoms with Gasteiger partial charge in [-0.25, -0.2) is 4.79 Å². The van der Waals surface area contributed by atoms with Crippen molar-refractivity contribution in [2.75, 3.05) is 6.61 Å². The first-order valence-corrected chi connectivity index (χ1v) is 3.41. The van der Waals surface area contributed by atoms with Crippen molar-refractivity contribution in [2.45, 2.75) is 24.4 Å². The molecule has 70 valence electrons. The Labute approximate surface area is 96.4 Å². The quantitative estimate of drug-likeness (QED) is 0.302. The molecule has 1 aliphatic rings. The van der Waals surface area contributed by atoms with Crippen LogP contribution in [0.25, 0.3) is 0 Å². The molecule has 0 aromatic carbocycles. The van der Waals surface area contributed by atoms with E-state index in [1.807, 2.05) is 0 Å². The van der Waals surface area contributed by atoms with Crippen molar-refractivity contribution in [3.8, 4) is 0 Å². The Morgan fingerprint density at radius 2 is 2.15 bits per heavy atom. The zero-order chi connectivity index (χ0) is 9.30. The number of aliphatic hydroxyl groups is 3. The maximum Gasteiger partial charge on any atom is 1.00 e. The molecular weight excluding hydrogens is 191 g/mol. The summed E-state index contributed by atoms with van der Waals surface area (Å²) in [4.78, 5) is 10.6. The van der Waals surface area contributed by atoms with Crippen molar-refractivity contribution >= 4 is 5.97 Å². The van der Waals surface area contributed by atoms with E-state index < -0.39 is 37.0 Å². The average molecular weight is 200 g/mol. The fraction of sp³-hybridized carbons (Fsp3) is 0.833. The molecule has 2 unspecified atom stereocenters. The second-order valence-corrected chi connectivity index (χ2v) is 2.56. The fourth-order valence-corrected chi connectivity index (χ4v) is 0.986. The van der Waals surface area contributed by atoms with Gasteiger partial charge in [-0.05, 0) is 6.10 Å². The number of hydrogen-bond acceptors (Lipinski definition) is 6. The molecule has 0 radical (unpaired) electrons. The van der Waals surface area contributed by atoms with Crippen LogP contribution >= 0.6 is 0 Å². The van der Waals surface area contributed by atoms with Gasteiger partial charge in [0.2, 0.25) is 0 Å². The van der Waals surface area contributed by atoms with E-state index in [9.17, 15) is 9.90 Å². The summed E-state index contributed by atoms with van der Waals surface area (Å²) in [5.74, 6) is -1.05. The maximum absolute atomic E-state index is 10.9. The molecule has 1 saturated heterocycles. The molecule has 6 nitrogen and oxygen atoms in total. The van der Waals surface area contributed by atoms with Crippen molar-refractivity contribution in [1.29, 1.82) is 0 Å². The monoisotopic (exact) mass is 200 g/mol. The van der Waals surface area contributed by atoms with Crippen LogP contribution in [0, 0.1) is 0 Å². The molecule has 1 heterocycles. The van der Waals surface area contributed by atoms with Crippen LogP contribution < -0.4 is 34.7 Å². The molecule has 0 aliphatic carbocycles. The molecule has 1 fully saturated rings. The van der Waals surface area contributed by atoms with Crippen LogP contribution in [0.5, 0.6) is 0 Å². The smallest absolute Gasteiger partial charge is 0.847 e. The minimum absolute atomic E-state index is 0. The zero-order valence-corrected chi connectivity index (χ0v) is 9.08. The average Bonchev–Trinajstić information content (AvgIpc) is 2.32. The van der Waals surface area contributed by atoms with E-state index in [1.54, 1.807) is 0 Å². The van der Waals surface area contributed by atoms with Gasteiger partial charge in [0.1, 0.15) is 18.3 Å². The third-order valence-electron chi connectivity index (χ3n) is 1.70. The largest absolute Gasteiger partial charge is 1.00 e. The summed E-state index contributed by atoms with van der Waals surface area (Å²) in [5, 5.41) is 37.1. The zero-order valence-electron chi connectivity index (χ0n) is 7.08. The summed E-state index contributed by atoms with van der Waals surface area (Å²) in [5.41, 5.74) is 0. The SMILES string of the molecule is O=C1O[C@@H]([C@@H](O)CO)C([O-])C1O.[Na+]. The third kappa shape index (κ3) is 2.63. The Kier molecular flexibility index (Phi) is 5.38. The minimum Gasteiger partial charge on any atom is -0.847 e. The number of carbonyl (C=O) groups is 1. The molecule has 0 saturated carbocycles. The molecular formula is C6H9NaO6. The summed E-state index contributed by atoms with van der Waals surface area (Å²) in [6, 6.07) is 0. The molecule has 7 heteroatoms. The van der Waals surface area contributed by atoms with E-state index in [2.05, 4.69) is 4.74 Å². The van der Waals surface area contributed by atoms with Crippen LogP contribution in [0.15, 0.2) is 0 Å². The Balaban J connectivity index is 0.00000144. The normalized spacial score (nSPS) is 35.1. The van der Waals surface area contributed by atoms with Gasteiger partial charge in [-0.15, -0.1) is 0 Å². The summed E-state index contributed by atoms with van der Waals surface area (Å²) < 4.78 is 4.33. The van der Waals surface area contributed by atoms with Crippen molar-refractivity contribution < 1.29 is 59.5 Å². The number of hydrogen-bond donors (Lipinski definition) is 3. The summed E-state index contributed by atoms with van der Waals surface area (Å²) >= 11 is 0. The number of cyclic esters (lactones) is 1. The molecule has 3 N–H and O–H groups in total. The van der Waals surface area contributed by atoms with E-state index in [-0.39, 0.29) is 29.6 Å². The van der Waals surface area contributed by atoms with E-state index in [1.165, 1.54) is 0 Å². The van der Waals surface area contributed by atoms with Gasteiger partial charge in [0, 0.05) is 0 Å². The molecule has 0 spiro atoms.